The number of rotatable bonds is 4. The third-order valence-corrected chi connectivity index (χ3v) is 5.18. The van der Waals surface area contributed by atoms with Crippen LogP contribution in [0.15, 0.2) is 35.5 Å². The number of benzene rings is 1. The molecule has 1 heterocycles. The fourth-order valence-electron chi connectivity index (χ4n) is 3.74. The van der Waals surface area contributed by atoms with Crippen molar-refractivity contribution in [2.45, 2.75) is 46.0 Å². The number of carbonyl (C=O) groups excluding carboxylic acids is 1. The lowest BCUT2D eigenvalue weighted by atomic mass is 9.75. The van der Waals surface area contributed by atoms with Gasteiger partial charge in [-0.3, -0.25) is 9.69 Å². The highest BCUT2D eigenvalue weighted by atomic mass is 35.5. The van der Waals surface area contributed by atoms with Crippen molar-refractivity contribution >= 4 is 23.1 Å². The standard InChI is InChI=1S/C20H27ClN2O/c1-20(2)12-18(22-16-8-6-7-15(21)11-16)17(19(24)13-20)14-23-9-4-3-5-10-23/h6-8,11,22H,3-5,9-10,12-14H2,1-2H3. The molecule has 1 aromatic carbocycles. The lowest BCUT2D eigenvalue weighted by molar-refractivity contribution is -0.118. The molecule has 1 N–H and O–H groups in total. The molecular formula is C20H27ClN2O. The number of allylic oxidation sites excluding steroid dienone is 1. The average molecular weight is 347 g/mol. The highest BCUT2D eigenvalue weighted by Crippen LogP contribution is 2.37. The van der Waals surface area contributed by atoms with E-state index in [4.69, 9.17) is 11.6 Å². The van der Waals surface area contributed by atoms with Crippen LogP contribution < -0.4 is 5.32 Å². The molecule has 2 aliphatic rings. The van der Waals surface area contributed by atoms with Gasteiger partial charge in [0.25, 0.3) is 0 Å². The van der Waals surface area contributed by atoms with E-state index in [-0.39, 0.29) is 5.41 Å². The Morgan fingerprint density at radius 3 is 2.62 bits per heavy atom. The minimum Gasteiger partial charge on any atom is -0.358 e. The Bertz CT molecular complexity index is 645. The van der Waals surface area contributed by atoms with E-state index in [1.165, 1.54) is 19.3 Å². The van der Waals surface area contributed by atoms with Gasteiger partial charge < -0.3 is 5.32 Å². The van der Waals surface area contributed by atoms with E-state index >= 15 is 0 Å². The maximum atomic E-state index is 12.8. The molecule has 1 aliphatic heterocycles. The average Bonchev–Trinajstić information content (AvgIpc) is 2.51. The molecule has 4 heteroatoms. The van der Waals surface area contributed by atoms with Gasteiger partial charge in [0.15, 0.2) is 5.78 Å². The third kappa shape index (κ3) is 4.40. The van der Waals surface area contributed by atoms with Gasteiger partial charge in [-0.15, -0.1) is 0 Å². The first-order chi connectivity index (χ1) is 11.4. The Kier molecular flexibility index (Phi) is 5.31. The van der Waals surface area contributed by atoms with Gasteiger partial charge in [0.1, 0.15) is 0 Å². The second kappa shape index (κ2) is 7.28. The number of piperidine rings is 1. The number of nitrogens with zero attached hydrogens (tertiary/aromatic N) is 1. The monoisotopic (exact) mass is 346 g/mol. The molecule has 0 unspecified atom stereocenters. The summed E-state index contributed by atoms with van der Waals surface area (Å²) in [6, 6.07) is 7.72. The van der Waals surface area contributed by atoms with Crippen LogP contribution in [0.25, 0.3) is 0 Å². The van der Waals surface area contributed by atoms with Crippen LogP contribution in [0.4, 0.5) is 5.69 Å². The predicted molar refractivity (Wildman–Crippen MR) is 100 cm³/mol. The van der Waals surface area contributed by atoms with Crippen molar-refractivity contribution in [3.8, 4) is 0 Å². The molecule has 0 saturated carbocycles. The first-order valence-electron chi connectivity index (χ1n) is 8.93. The maximum Gasteiger partial charge on any atom is 0.162 e. The number of anilines is 1. The number of halogens is 1. The van der Waals surface area contributed by atoms with Crippen LogP contribution in [0.2, 0.25) is 5.02 Å². The molecule has 1 fully saturated rings. The van der Waals surface area contributed by atoms with Gasteiger partial charge in [-0.2, -0.15) is 0 Å². The van der Waals surface area contributed by atoms with E-state index in [1.807, 2.05) is 24.3 Å². The third-order valence-electron chi connectivity index (χ3n) is 4.95. The summed E-state index contributed by atoms with van der Waals surface area (Å²) in [4.78, 5) is 15.2. The van der Waals surface area contributed by atoms with Gasteiger partial charge in [0.2, 0.25) is 0 Å². The molecule has 24 heavy (non-hydrogen) atoms. The van der Waals surface area contributed by atoms with Crippen LogP contribution in [0.3, 0.4) is 0 Å². The minimum absolute atomic E-state index is 0.00336. The zero-order valence-electron chi connectivity index (χ0n) is 14.7. The van der Waals surface area contributed by atoms with Crippen molar-refractivity contribution in [1.29, 1.82) is 0 Å². The summed E-state index contributed by atoms with van der Waals surface area (Å²) in [7, 11) is 0. The normalized spacial score (nSPS) is 21.9. The fourth-order valence-corrected chi connectivity index (χ4v) is 3.93. The second-order valence-corrected chi connectivity index (χ2v) is 8.31. The SMILES string of the molecule is CC1(C)CC(=O)C(CN2CCCCC2)=C(Nc2cccc(Cl)c2)C1. The molecule has 3 rings (SSSR count). The molecule has 0 bridgehead atoms. The molecule has 0 spiro atoms. The number of likely N-dealkylation sites (tertiary alicyclic amines) is 1. The van der Waals surface area contributed by atoms with E-state index in [0.29, 0.717) is 17.2 Å². The second-order valence-electron chi connectivity index (χ2n) is 7.87. The van der Waals surface area contributed by atoms with Gasteiger partial charge >= 0.3 is 0 Å². The first-order valence-corrected chi connectivity index (χ1v) is 9.31. The number of carbonyl (C=O) groups is 1. The number of hydrogen-bond donors (Lipinski definition) is 1. The first kappa shape index (κ1) is 17.5. The zero-order valence-corrected chi connectivity index (χ0v) is 15.5. The molecule has 1 saturated heterocycles. The van der Waals surface area contributed by atoms with E-state index < -0.39 is 0 Å². The van der Waals surface area contributed by atoms with E-state index in [1.54, 1.807) is 0 Å². The number of hydrogen-bond acceptors (Lipinski definition) is 3. The van der Waals surface area contributed by atoms with Crippen molar-refractivity contribution in [2.75, 3.05) is 25.0 Å². The van der Waals surface area contributed by atoms with Crippen molar-refractivity contribution in [2.24, 2.45) is 5.41 Å². The van der Waals surface area contributed by atoms with Gasteiger partial charge in [0.05, 0.1) is 0 Å². The number of Topliss-reactive ketones (excluding diaryl/α,β-unsaturated/α-hetero) is 1. The summed E-state index contributed by atoms with van der Waals surface area (Å²) < 4.78 is 0. The van der Waals surface area contributed by atoms with Crippen molar-refractivity contribution in [1.82, 2.24) is 4.90 Å². The van der Waals surface area contributed by atoms with Crippen LogP contribution in [0, 0.1) is 5.41 Å². The van der Waals surface area contributed by atoms with Gasteiger partial charge in [0, 0.05) is 34.9 Å². The summed E-state index contributed by atoms with van der Waals surface area (Å²) in [6.07, 6.45) is 5.32. The molecule has 1 aromatic rings. The topological polar surface area (TPSA) is 32.3 Å². The molecule has 0 aromatic heterocycles. The lowest BCUT2D eigenvalue weighted by Crippen LogP contribution is -2.37. The molecular weight excluding hydrogens is 320 g/mol. The highest BCUT2D eigenvalue weighted by molar-refractivity contribution is 6.30. The summed E-state index contributed by atoms with van der Waals surface area (Å²) in [5.41, 5.74) is 3.00. The van der Waals surface area contributed by atoms with Crippen LogP contribution in [0.5, 0.6) is 0 Å². The van der Waals surface area contributed by atoms with Gasteiger partial charge in [-0.25, -0.2) is 0 Å². The van der Waals surface area contributed by atoms with E-state index in [0.717, 1.165) is 43.0 Å². The summed E-state index contributed by atoms with van der Waals surface area (Å²) in [5, 5.41) is 4.20. The van der Waals surface area contributed by atoms with Gasteiger partial charge in [-0.05, 0) is 56.0 Å². The van der Waals surface area contributed by atoms with Crippen LogP contribution in [-0.2, 0) is 4.79 Å². The van der Waals surface area contributed by atoms with Crippen LogP contribution in [0.1, 0.15) is 46.0 Å². The summed E-state index contributed by atoms with van der Waals surface area (Å²) in [6.45, 7) is 7.32. The number of nitrogens with one attached hydrogen (secondary N) is 1. The molecule has 0 radical (unpaired) electrons. The van der Waals surface area contributed by atoms with Crippen molar-refractivity contribution in [3.63, 3.8) is 0 Å². The number of ketones is 1. The minimum atomic E-state index is 0.00336. The van der Waals surface area contributed by atoms with Gasteiger partial charge in [-0.1, -0.05) is 37.9 Å². The van der Waals surface area contributed by atoms with E-state index in [2.05, 4.69) is 24.1 Å². The van der Waals surface area contributed by atoms with Crippen LogP contribution >= 0.6 is 11.6 Å². The molecule has 130 valence electrons. The largest absolute Gasteiger partial charge is 0.358 e. The summed E-state index contributed by atoms with van der Waals surface area (Å²) in [5.74, 6) is 0.293. The van der Waals surface area contributed by atoms with Crippen molar-refractivity contribution in [3.05, 3.63) is 40.6 Å². The Morgan fingerprint density at radius 1 is 1.17 bits per heavy atom. The highest BCUT2D eigenvalue weighted by Gasteiger charge is 2.33. The molecule has 0 amide bonds. The maximum absolute atomic E-state index is 12.8. The Labute approximate surface area is 150 Å². The lowest BCUT2D eigenvalue weighted by Gasteiger charge is -2.35. The van der Waals surface area contributed by atoms with Crippen LogP contribution in [-0.4, -0.2) is 30.3 Å². The predicted octanol–water partition coefficient (Wildman–Crippen LogP) is 4.88. The summed E-state index contributed by atoms with van der Waals surface area (Å²) >= 11 is 6.11. The Morgan fingerprint density at radius 2 is 1.92 bits per heavy atom. The molecule has 0 atom stereocenters. The van der Waals surface area contributed by atoms with Crippen molar-refractivity contribution < 1.29 is 4.79 Å². The quantitative estimate of drug-likeness (QED) is 0.843. The zero-order chi connectivity index (χ0) is 17.2. The molecule has 3 nitrogen and oxygen atoms in total. The fraction of sp³-hybridized carbons (Fsp3) is 0.550. The smallest absolute Gasteiger partial charge is 0.162 e. The van der Waals surface area contributed by atoms with E-state index in [9.17, 15) is 4.79 Å². The molecule has 1 aliphatic carbocycles. The Balaban J connectivity index is 1.86. The Hall–Kier alpha value is -1.32.